The number of carbonyl (C=O) groups is 1. The van der Waals surface area contributed by atoms with E-state index in [2.05, 4.69) is 27.9 Å². The Kier molecular flexibility index (Phi) is 4.32. The molecule has 0 aliphatic carbocycles. The quantitative estimate of drug-likeness (QED) is 0.836. The van der Waals surface area contributed by atoms with E-state index in [9.17, 15) is 4.79 Å². The molecule has 3 nitrogen and oxygen atoms in total. The molecule has 1 amide bonds. The lowest BCUT2D eigenvalue weighted by Gasteiger charge is -2.22. The normalized spacial score (nSPS) is 11.3. The largest absolute Gasteiger partial charge is 0.329 e. The minimum absolute atomic E-state index is 0.0423. The Morgan fingerprint density at radius 2 is 2.12 bits per heavy atom. The highest BCUT2D eigenvalue weighted by molar-refractivity contribution is 14.1. The molecule has 0 saturated heterocycles. The van der Waals surface area contributed by atoms with E-state index in [1.54, 1.807) is 0 Å². The molecule has 0 atom stereocenters. The third-order valence-electron chi connectivity index (χ3n) is 2.56. The van der Waals surface area contributed by atoms with Crippen molar-refractivity contribution in [3.05, 3.63) is 27.3 Å². The van der Waals surface area contributed by atoms with E-state index in [0.717, 1.165) is 14.8 Å². The van der Waals surface area contributed by atoms with Crippen molar-refractivity contribution in [2.45, 2.75) is 20.8 Å². The monoisotopic (exact) mass is 332 g/mol. The van der Waals surface area contributed by atoms with Gasteiger partial charge in [0, 0.05) is 15.8 Å². The van der Waals surface area contributed by atoms with E-state index in [0.29, 0.717) is 6.54 Å². The molecule has 88 valence electrons. The summed E-state index contributed by atoms with van der Waals surface area (Å²) in [5.41, 5.74) is 6.95. The zero-order valence-corrected chi connectivity index (χ0v) is 12.0. The molecule has 1 aromatic rings. The van der Waals surface area contributed by atoms with Gasteiger partial charge in [0.15, 0.2) is 0 Å². The van der Waals surface area contributed by atoms with Crippen LogP contribution < -0.4 is 11.1 Å². The highest BCUT2D eigenvalue weighted by Gasteiger charge is 2.25. The number of hydrogen-bond donors (Lipinski definition) is 2. The first-order valence-electron chi connectivity index (χ1n) is 5.14. The first-order valence-corrected chi connectivity index (χ1v) is 6.22. The predicted molar refractivity (Wildman–Crippen MR) is 75.4 cm³/mol. The van der Waals surface area contributed by atoms with Crippen LogP contribution in [0.4, 0.5) is 5.69 Å². The topological polar surface area (TPSA) is 55.1 Å². The third-order valence-corrected chi connectivity index (χ3v) is 3.23. The Balaban J connectivity index is 2.85. The molecule has 0 saturated carbocycles. The Morgan fingerprint density at radius 3 is 2.62 bits per heavy atom. The fourth-order valence-electron chi connectivity index (χ4n) is 1.15. The number of benzene rings is 1. The summed E-state index contributed by atoms with van der Waals surface area (Å²) in [5.74, 6) is -0.0423. The third kappa shape index (κ3) is 3.18. The van der Waals surface area contributed by atoms with Gasteiger partial charge in [-0.25, -0.2) is 0 Å². The van der Waals surface area contributed by atoms with Gasteiger partial charge >= 0.3 is 0 Å². The number of anilines is 1. The second kappa shape index (κ2) is 5.14. The number of nitrogens with two attached hydrogens (primary N) is 1. The molecule has 0 aromatic heterocycles. The summed E-state index contributed by atoms with van der Waals surface area (Å²) in [7, 11) is 0. The van der Waals surface area contributed by atoms with Crippen LogP contribution in [0.1, 0.15) is 19.4 Å². The summed E-state index contributed by atoms with van der Waals surface area (Å²) in [6.07, 6.45) is 0. The van der Waals surface area contributed by atoms with Gasteiger partial charge in [0.2, 0.25) is 5.91 Å². The molecular weight excluding hydrogens is 315 g/mol. The van der Waals surface area contributed by atoms with Crippen molar-refractivity contribution in [2.24, 2.45) is 11.1 Å². The van der Waals surface area contributed by atoms with Gasteiger partial charge in [-0.2, -0.15) is 0 Å². The second-order valence-electron chi connectivity index (χ2n) is 4.50. The van der Waals surface area contributed by atoms with Crippen molar-refractivity contribution in [3.63, 3.8) is 0 Å². The van der Waals surface area contributed by atoms with Gasteiger partial charge in [0.05, 0.1) is 5.41 Å². The predicted octanol–water partition coefficient (Wildman–Crippen LogP) is 2.52. The van der Waals surface area contributed by atoms with Crippen molar-refractivity contribution in [2.75, 3.05) is 11.9 Å². The van der Waals surface area contributed by atoms with Gasteiger partial charge in [-0.05, 0) is 67.1 Å². The molecular formula is C12H17IN2O. The highest BCUT2D eigenvalue weighted by atomic mass is 127. The van der Waals surface area contributed by atoms with Crippen molar-refractivity contribution in [3.8, 4) is 0 Å². The maximum Gasteiger partial charge on any atom is 0.231 e. The van der Waals surface area contributed by atoms with E-state index in [1.807, 2.05) is 39.0 Å². The summed E-state index contributed by atoms with van der Waals surface area (Å²) in [6.45, 7) is 5.99. The molecule has 0 unspecified atom stereocenters. The van der Waals surface area contributed by atoms with Crippen LogP contribution in [0, 0.1) is 15.9 Å². The number of amides is 1. The Hall–Kier alpha value is -0.620. The molecule has 1 aromatic carbocycles. The summed E-state index contributed by atoms with van der Waals surface area (Å²) in [6, 6.07) is 5.92. The minimum atomic E-state index is -0.532. The summed E-state index contributed by atoms with van der Waals surface area (Å²) >= 11 is 2.25. The molecule has 3 N–H and O–H groups in total. The standard InChI is InChI=1S/C12H17IN2O/c1-8-6-9(13)4-5-10(8)15-11(16)12(2,3)7-14/h4-6H,7,14H2,1-3H3,(H,15,16). The molecule has 0 heterocycles. The Morgan fingerprint density at radius 1 is 1.50 bits per heavy atom. The van der Waals surface area contributed by atoms with Gasteiger partial charge in [0.1, 0.15) is 0 Å². The molecule has 0 aliphatic heterocycles. The van der Waals surface area contributed by atoms with Gasteiger partial charge in [-0.3, -0.25) is 4.79 Å². The Labute approximate surface area is 110 Å². The zero-order valence-electron chi connectivity index (χ0n) is 9.80. The van der Waals surface area contributed by atoms with Crippen molar-refractivity contribution in [1.82, 2.24) is 0 Å². The molecule has 0 radical (unpaired) electrons. The van der Waals surface area contributed by atoms with Gasteiger partial charge in [-0.1, -0.05) is 0 Å². The summed E-state index contributed by atoms with van der Waals surface area (Å²) in [5, 5.41) is 2.91. The number of halogens is 1. The molecule has 1 rings (SSSR count). The zero-order chi connectivity index (χ0) is 12.3. The van der Waals surface area contributed by atoms with Gasteiger partial charge in [-0.15, -0.1) is 0 Å². The molecule has 0 bridgehead atoms. The van der Waals surface area contributed by atoms with Crippen LogP contribution in [0.5, 0.6) is 0 Å². The lowest BCUT2D eigenvalue weighted by molar-refractivity contribution is -0.123. The van der Waals surface area contributed by atoms with Crippen LogP contribution in [0.25, 0.3) is 0 Å². The van der Waals surface area contributed by atoms with Crippen LogP contribution in [-0.2, 0) is 4.79 Å². The number of carbonyl (C=O) groups excluding carboxylic acids is 1. The van der Waals surface area contributed by atoms with E-state index < -0.39 is 5.41 Å². The maximum absolute atomic E-state index is 11.9. The van der Waals surface area contributed by atoms with Crippen LogP contribution in [0.3, 0.4) is 0 Å². The first kappa shape index (κ1) is 13.4. The fourth-order valence-corrected chi connectivity index (χ4v) is 1.80. The summed E-state index contributed by atoms with van der Waals surface area (Å²) < 4.78 is 1.16. The van der Waals surface area contributed by atoms with Crippen molar-refractivity contribution in [1.29, 1.82) is 0 Å². The Bertz CT molecular complexity index is 402. The number of rotatable bonds is 3. The van der Waals surface area contributed by atoms with Crippen LogP contribution >= 0.6 is 22.6 Å². The van der Waals surface area contributed by atoms with E-state index in [4.69, 9.17) is 5.73 Å². The van der Waals surface area contributed by atoms with Crippen LogP contribution in [-0.4, -0.2) is 12.5 Å². The molecule has 16 heavy (non-hydrogen) atoms. The molecule has 4 heteroatoms. The van der Waals surface area contributed by atoms with Crippen LogP contribution in [0.2, 0.25) is 0 Å². The minimum Gasteiger partial charge on any atom is -0.329 e. The lowest BCUT2D eigenvalue weighted by Crippen LogP contribution is -2.37. The van der Waals surface area contributed by atoms with E-state index >= 15 is 0 Å². The lowest BCUT2D eigenvalue weighted by atomic mass is 9.92. The van der Waals surface area contributed by atoms with Crippen molar-refractivity contribution < 1.29 is 4.79 Å². The maximum atomic E-state index is 11.9. The molecule has 0 spiro atoms. The molecule has 0 aliphatic rings. The SMILES string of the molecule is Cc1cc(I)ccc1NC(=O)C(C)(C)CN. The number of nitrogens with one attached hydrogen (secondary N) is 1. The highest BCUT2D eigenvalue weighted by Crippen LogP contribution is 2.21. The average molecular weight is 332 g/mol. The second-order valence-corrected chi connectivity index (χ2v) is 5.75. The van der Waals surface area contributed by atoms with E-state index in [1.165, 1.54) is 0 Å². The average Bonchev–Trinajstić information content (AvgIpc) is 2.22. The number of hydrogen-bond acceptors (Lipinski definition) is 2. The number of aryl methyl sites for hydroxylation is 1. The van der Waals surface area contributed by atoms with Gasteiger partial charge in [0.25, 0.3) is 0 Å². The van der Waals surface area contributed by atoms with Gasteiger partial charge < -0.3 is 11.1 Å². The van der Waals surface area contributed by atoms with Crippen LogP contribution in [0.15, 0.2) is 18.2 Å². The summed E-state index contributed by atoms with van der Waals surface area (Å²) in [4.78, 5) is 11.9. The smallest absolute Gasteiger partial charge is 0.231 e. The molecule has 0 fully saturated rings. The fraction of sp³-hybridized carbons (Fsp3) is 0.417. The van der Waals surface area contributed by atoms with Crippen molar-refractivity contribution >= 4 is 34.2 Å². The van der Waals surface area contributed by atoms with E-state index in [-0.39, 0.29) is 5.91 Å². The first-order chi connectivity index (χ1) is 7.36.